The molecule has 1 aromatic carbocycles. The summed E-state index contributed by atoms with van der Waals surface area (Å²) in [7, 11) is 1.45. The van der Waals surface area contributed by atoms with Crippen LogP contribution in [-0.4, -0.2) is 23.7 Å². The van der Waals surface area contributed by atoms with Gasteiger partial charge < -0.3 is 9.47 Å². The second-order valence-electron chi connectivity index (χ2n) is 3.44. The molecule has 92 valence electrons. The van der Waals surface area contributed by atoms with E-state index in [0.717, 1.165) is 0 Å². The van der Waals surface area contributed by atoms with Crippen LogP contribution in [0.5, 0.6) is 11.5 Å². The lowest BCUT2D eigenvalue weighted by Gasteiger charge is -2.10. The molecule has 0 heterocycles. The minimum atomic E-state index is -0.434. The van der Waals surface area contributed by atoms with Gasteiger partial charge in [0.05, 0.1) is 11.9 Å². The van der Waals surface area contributed by atoms with Crippen molar-refractivity contribution >= 4 is 27.7 Å². The van der Waals surface area contributed by atoms with Gasteiger partial charge in [-0.2, -0.15) is 0 Å². The van der Waals surface area contributed by atoms with Crippen molar-refractivity contribution in [1.29, 1.82) is 0 Å². The van der Waals surface area contributed by atoms with Crippen molar-refractivity contribution in [2.45, 2.75) is 18.7 Å². The molecule has 0 amide bonds. The molecule has 0 N–H and O–H groups in total. The van der Waals surface area contributed by atoms with Gasteiger partial charge in [0.15, 0.2) is 17.3 Å². The molecule has 0 saturated heterocycles. The standard InChI is InChI=1S/C12H13BrO4/c1-7(13)12(15)9-4-5-10(17-8(2)14)11(6-9)16-3/h4-7H,1-3H3. The van der Waals surface area contributed by atoms with Crippen molar-refractivity contribution in [1.82, 2.24) is 0 Å². The highest BCUT2D eigenvalue weighted by Gasteiger charge is 2.15. The van der Waals surface area contributed by atoms with Gasteiger partial charge >= 0.3 is 5.97 Å². The maximum atomic E-state index is 11.7. The monoisotopic (exact) mass is 300 g/mol. The highest BCUT2D eigenvalue weighted by molar-refractivity contribution is 9.10. The SMILES string of the molecule is COc1cc(C(=O)C(C)Br)ccc1OC(C)=O. The molecule has 0 saturated carbocycles. The predicted octanol–water partition coefficient (Wildman–Crippen LogP) is 2.59. The minimum absolute atomic E-state index is 0.0577. The zero-order valence-corrected chi connectivity index (χ0v) is 11.4. The van der Waals surface area contributed by atoms with E-state index in [2.05, 4.69) is 15.9 Å². The average Bonchev–Trinajstić information content (AvgIpc) is 2.27. The van der Waals surface area contributed by atoms with Gasteiger partial charge in [0.25, 0.3) is 0 Å². The first-order chi connectivity index (χ1) is 7.95. The van der Waals surface area contributed by atoms with Crippen LogP contribution in [0.3, 0.4) is 0 Å². The molecule has 0 radical (unpaired) electrons. The summed E-state index contributed by atoms with van der Waals surface area (Å²) in [6.45, 7) is 3.05. The number of rotatable bonds is 4. The van der Waals surface area contributed by atoms with Crippen LogP contribution in [0.25, 0.3) is 0 Å². The number of Topliss-reactive ketones (excluding diaryl/α,β-unsaturated/α-hetero) is 1. The second kappa shape index (κ2) is 5.82. The van der Waals surface area contributed by atoms with Crippen LogP contribution in [0.4, 0.5) is 0 Å². The number of carbonyl (C=O) groups is 2. The van der Waals surface area contributed by atoms with E-state index in [1.807, 2.05) is 0 Å². The zero-order valence-electron chi connectivity index (χ0n) is 9.82. The molecule has 1 rings (SSSR count). The number of ether oxygens (including phenoxy) is 2. The fourth-order valence-corrected chi connectivity index (χ4v) is 1.55. The summed E-state index contributed by atoms with van der Waals surface area (Å²) in [5.74, 6) is 0.173. The Balaban J connectivity index is 3.08. The largest absolute Gasteiger partial charge is 0.493 e. The molecule has 0 aliphatic heterocycles. The Morgan fingerprint density at radius 2 is 1.94 bits per heavy atom. The topological polar surface area (TPSA) is 52.6 Å². The van der Waals surface area contributed by atoms with Crippen molar-refractivity contribution < 1.29 is 19.1 Å². The molecular formula is C12H13BrO4. The lowest BCUT2D eigenvalue weighted by molar-refractivity contribution is -0.132. The summed E-state index contributed by atoms with van der Waals surface area (Å²) in [5.41, 5.74) is 0.502. The Kier molecular flexibility index (Phi) is 4.69. The van der Waals surface area contributed by atoms with E-state index in [0.29, 0.717) is 17.1 Å². The summed E-state index contributed by atoms with van der Waals surface area (Å²) in [5, 5.41) is 0. The zero-order chi connectivity index (χ0) is 13.0. The Labute approximate surface area is 108 Å². The highest BCUT2D eigenvalue weighted by Crippen LogP contribution is 2.29. The quantitative estimate of drug-likeness (QED) is 0.371. The Hall–Kier alpha value is -1.36. The van der Waals surface area contributed by atoms with E-state index in [9.17, 15) is 9.59 Å². The maximum Gasteiger partial charge on any atom is 0.308 e. The number of alkyl halides is 1. The number of benzene rings is 1. The van der Waals surface area contributed by atoms with Gasteiger partial charge in [0, 0.05) is 12.5 Å². The Morgan fingerprint density at radius 1 is 1.29 bits per heavy atom. The first kappa shape index (κ1) is 13.7. The summed E-state index contributed by atoms with van der Waals surface area (Å²) in [4.78, 5) is 22.3. The van der Waals surface area contributed by atoms with Crippen molar-refractivity contribution in [3.63, 3.8) is 0 Å². The number of esters is 1. The number of hydrogen-bond acceptors (Lipinski definition) is 4. The smallest absolute Gasteiger partial charge is 0.308 e. The second-order valence-corrected chi connectivity index (χ2v) is 4.81. The van der Waals surface area contributed by atoms with Crippen LogP contribution in [0.15, 0.2) is 18.2 Å². The van der Waals surface area contributed by atoms with Gasteiger partial charge in [-0.1, -0.05) is 15.9 Å². The molecule has 5 heteroatoms. The Bertz CT molecular complexity index is 440. The third-order valence-electron chi connectivity index (χ3n) is 2.06. The van der Waals surface area contributed by atoms with Crippen LogP contribution in [-0.2, 0) is 4.79 Å². The molecule has 1 atom stereocenters. The molecule has 0 bridgehead atoms. The first-order valence-electron chi connectivity index (χ1n) is 5.00. The van der Waals surface area contributed by atoms with Gasteiger partial charge in [0.1, 0.15) is 0 Å². The van der Waals surface area contributed by atoms with Crippen molar-refractivity contribution in [3.05, 3.63) is 23.8 Å². The first-order valence-corrected chi connectivity index (χ1v) is 5.92. The molecule has 0 fully saturated rings. The van der Waals surface area contributed by atoms with Gasteiger partial charge in [0.2, 0.25) is 0 Å². The minimum Gasteiger partial charge on any atom is -0.493 e. The van der Waals surface area contributed by atoms with E-state index in [1.54, 1.807) is 25.1 Å². The van der Waals surface area contributed by atoms with Gasteiger partial charge in [-0.3, -0.25) is 9.59 Å². The molecule has 17 heavy (non-hydrogen) atoms. The van der Waals surface area contributed by atoms with Crippen molar-refractivity contribution in [3.8, 4) is 11.5 Å². The van der Waals surface area contributed by atoms with Crippen LogP contribution >= 0.6 is 15.9 Å². The number of methoxy groups -OCH3 is 1. The average molecular weight is 301 g/mol. The fraction of sp³-hybridized carbons (Fsp3) is 0.333. The van der Waals surface area contributed by atoms with Crippen molar-refractivity contribution in [2.75, 3.05) is 7.11 Å². The predicted molar refractivity (Wildman–Crippen MR) is 67.0 cm³/mol. The number of halogens is 1. The summed E-state index contributed by atoms with van der Waals surface area (Å²) >= 11 is 3.21. The summed E-state index contributed by atoms with van der Waals surface area (Å²) < 4.78 is 10.0. The van der Waals surface area contributed by atoms with E-state index in [4.69, 9.17) is 9.47 Å². The molecule has 0 aliphatic rings. The number of ketones is 1. The van der Waals surface area contributed by atoms with E-state index in [-0.39, 0.29) is 10.6 Å². The highest BCUT2D eigenvalue weighted by atomic mass is 79.9. The molecular weight excluding hydrogens is 288 g/mol. The van der Waals surface area contributed by atoms with Crippen LogP contribution in [0.1, 0.15) is 24.2 Å². The van der Waals surface area contributed by atoms with E-state index >= 15 is 0 Å². The van der Waals surface area contributed by atoms with Crippen molar-refractivity contribution in [2.24, 2.45) is 0 Å². The third kappa shape index (κ3) is 3.56. The molecule has 0 aromatic heterocycles. The van der Waals surface area contributed by atoms with Crippen LogP contribution in [0.2, 0.25) is 0 Å². The van der Waals surface area contributed by atoms with E-state index < -0.39 is 5.97 Å². The Morgan fingerprint density at radius 3 is 2.41 bits per heavy atom. The van der Waals surface area contributed by atoms with Crippen LogP contribution in [0, 0.1) is 0 Å². The summed E-state index contributed by atoms with van der Waals surface area (Å²) in [6.07, 6.45) is 0. The fourth-order valence-electron chi connectivity index (χ4n) is 1.29. The van der Waals surface area contributed by atoms with Gasteiger partial charge in [-0.05, 0) is 25.1 Å². The lowest BCUT2D eigenvalue weighted by atomic mass is 10.1. The molecule has 0 aliphatic carbocycles. The molecule has 1 aromatic rings. The van der Waals surface area contributed by atoms with Crippen LogP contribution < -0.4 is 9.47 Å². The summed E-state index contributed by atoms with van der Waals surface area (Å²) in [6, 6.07) is 4.70. The third-order valence-corrected chi connectivity index (χ3v) is 2.48. The van der Waals surface area contributed by atoms with Gasteiger partial charge in [-0.15, -0.1) is 0 Å². The molecule has 4 nitrogen and oxygen atoms in total. The maximum absolute atomic E-state index is 11.7. The lowest BCUT2D eigenvalue weighted by Crippen LogP contribution is -2.10. The van der Waals surface area contributed by atoms with Gasteiger partial charge in [-0.25, -0.2) is 0 Å². The molecule has 1 unspecified atom stereocenters. The van der Waals surface area contributed by atoms with E-state index in [1.165, 1.54) is 14.0 Å². The number of hydrogen-bond donors (Lipinski definition) is 0. The normalized spacial score (nSPS) is 11.8. The number of carbonyl (C=O) groups excluding carboxylic acids is 2. The molecule has 0 spiro atoms.